The topological polar surface area (TPSA) is 321 Å². The number of carbonyl (C=O) groups excluding carboxylic acids is 1. The number of fused-ring (bicyclic) bond motifs is 1. The van der Waals surface area contributed by atoms with Gasteiger partial charge in [-0.05, 0) is 101 Å². The number of aromatic carboxylic acids is 1. The highest BCUT2D eigenvalue weighted by Crippen LogP contribution is 2.42. The Bertz CT molecular complexity index is 2730. The molecule has 3 fully saturated rings. The fraction of sp³-hybridized carbons (Fsp3) is 0.810. The van der Waals surface area contributed by atoms with E-state index in [9.17, 15) is 48.3 Å². The van der Waals surface area contributed by atoms with Crippen molar-refractivity contribution in [2.24, 2.45) is 28.8 Å². The molecule has 0 unspecified atom stereocenters. The normalized spacial score (nSPS) is 35.3. The number of nitrogens with zero attached hydrogens (tertiary/aromatic N) is 5. The molecule has 0 amide bonds. The number of methoxy groups -OCH3 is 1. The molecule has 5 rings (SSSR count). The van der Waals surface area contributed by atoms with E-state index < -0.39 is 146 Å². The zero-order valence-corrected chi connectivity index (χ0v) is 53.4. The van der Waals surface area contributed by atoms with Gasteiger partial charge in [0.1, 0.15) is 41.7 Å². The van der Waals surface area contributed by atoms with E-state index in [2.05, 4.69) is 25.7 Å². The van der Waals surface area contributed by atoms with Crippen LogP contribution >= 0.6 is 0 Å². The molecule has 3 saturated heterocycles. The largest absolute Gasteiger partial charge is 0.477 e. The number of hydrogen-bond donors (Lipinski definition) is 7. The number of carboxylic acids is 1. The molecular formula is C58H98FN7O18S. The maximum Gasteiger partial charge on any atom is 0.341 e. The maximum atomic E-state index is 15.1. The molecule has 3 aliphatic heterocycles. The van der Waals surface area contributed by atoms with Crippen molar-refractivity contribution in [3.05, 3.63) is 33.9 Å². The fourth-order valence-corrected chi connectivity index (χ4v) is 13.4. The minimum absolute atomic E-state index is 0.0771. The van der Waals surface area contributed by atoms with Crippen molar-refractivity contribution in [2.45, 2.75) is 206 Å². The Kier molecular flexibility index (Phi) is 25.7. The molecule has 0 radical (unpaired) electrons. The predicted molar refractivity (Wildman–Crippen MR) is 315 cm³/mol. The quantitative estimate of drug-likeness (QED) is 0.0342. The number of anilines is 1. The second-order valence-corrected chi connectivity index (χ2v) is 25.8. The van der Waals surface area contributed by atoms with Gasteiger partial charge in [0.25, 0.3) is 10.1 Å². The Labute approximate surface area is 500 Å². The van der Waals surface area contributed by atoms with Crippen LogP contribution in [0.25, 0.3) is 11.0 Å². The van der Waals surface area contributed by atoms with E-state index in [4.69, 9.17) is 37.4 Å². The number of oxime groups is 1. The Hall–Kier alpha value is -4.07. The van der Waals surface area contributed by atoms with Gasteiger partial charge in [-0.3, -0.25) is 13.8 Å². The number of aliphatic hydroxyl groups excluding tert-OH is 2. The number of ether oxygens (including phenoxy) is 6. The summed E-state index contributed by atoms with van der Waals surface area (Å²) in [6.45, 7) is 25.1. The van der Waals surface area contributed by atoms with Crippen LogP contribution in [0.15, 0.2) is 22.2 Å². The third kappa shape index (κ3) is 17.4. The summed E-state index contributed by atoms with van der Waals surface area (Å²) in [7, 11) is 0.746. The molecule has 85 heavy (non-hydrogen) atoms. The molecule has 0 spiro atoms. The fourth-order valence-electron chi connectivity index (χ4n) is 12.2. The number of halogens is 1. The van der Waals surface area contributed by atoms with Gasteiger partial charge in [-0.2, -0.15) is 8.42 Å². The van der Waals surface area contributed by atoms with Gasteiger partial charge < -0.3 is 83.8 Å². The minimum atomic E-state index is -4.31. The highest BCUT2D eigenvalue weighted by atomic mass is 32.2. The van der Waals surface area contributed by atoms with Gasteiger partial charge in [-0.25, -0.2) is 14.2 Å². The summed E-state index contributed by atoms with van der Waals surface area (Å²) < 4.78 is 88.6. The number of carboxylic acid groups (broad SMARTS) is 1. The molecule has 25 nitrogen and oxygen atoms in total. The molecule has 2 aromatic heterocycles. The lowest BCUT2D eigenvalue weighted by molar-refractivity contribution is -0.316. The summed E-state index contributed by atoms with van der Waals surface area (Å²) in [6, 6.07) is 0.528. The number of aromatic nitrogens is 2. The first kappa shape index (κ1) is 71.7. The Morgan fingerprint density at radius 1 is 0.953 bits per heavy atom. The molecule has 0 saturated carbocycles. The number of aliphatic hydroxyl groups is 4. The second-order valence-electron chi connectivity index (χ2n) is 24.1. The van der Waals surface area contributed by atoms with Crippen molar-refractivity contribution in [3.63, 3.8) is 0 Å². The van der Waals surface area contributed by atoms with Gasteiger partial charge in [-0.1, -0.05) is 46.7 Å². The van der Waals surface area contributed by atoms with E-state index >= 15 is 4.39 Å². The standard InChI is InChI=1S/C58H98FN7O18S/c1-17-42-58(13,74)48(69)34(7)44(63-78-25-24-65(18-2)19-3)32(5)29-56(11,73)49(83-55-46(68)41(64(14)15)27-33(6)79-55)35(8)47(36(9)54(72)81-42)82-43-30-57(12,77-16)50(37(10)80-43)84-85(75,76)26-23-60-21-22-61-51-40(59)28-38-45(67)39(53(70)71)31-66(20-4)52(38)62-51/h28,31-37,41-43,46-50,55,60,68-69,73-74H,17-27,29-30H2,1-16H3,(H,61,62)(H,70,71)/b63-44+/t32-,33-,34+,35+,36-,37+,41+,42-,43+,46-,47+,48-,49-,50+,55+,56-,57-,58-/m1/s1. The van der Waals surface area contributed by atoms with E-state index in [0.717, 1.165) is 25.4 Å². The van der Waals surface area contributed by atoms with Crippen molar-refractivity contribution in [3.8, 4) is 0 Å². The third-order valence-corrected chi connectivity index (χ3v) is 18.5. The Balaban J connectivity index is 1.41. The zero-order chi connectivity index (χ0) is 63.7. The summed E-state index contributed by atoms with van der Waals surface area (Å²) in [5.74, 6) is -7.59. The van der Waals surface area contributed by atoms with E-state index in [1.165, 1.54) is 18.6 Å². The van der Waals surface area contributed by atoms with Gasteiger partial charge >= 0.3 is 11.9 Å². The first-order valence-electron chi connectivity index (χ1n) is 29.8. The lowest BCUT2D eigenvalue weighted by atomic mass is 9.73. The minimum Gasteiger partial charge on any atom is -0.477 e. The van der Waals surface area contributed by atoms with E-state index in [0.29, 0.717) is 18.7 Å². The smallest absolute Gasteiger partial charge is 0.341 e. The number of rotatable bonds is 24. The molecule has 0 aromatic carbocycles. The Morgan fingerprint density at radius 3 is 2.22 bits per heavy atom. The zero-order valence-electron chi connectivity index (χ0n) is 52.6. The molecule has 18 atom stereocenters. The Morgan fingerprint density at radius 2 is 1.62 bits per heavy atom. The van der Waals surface area contributed by atoms with Crippen LogP contribution in [-0.4, -0.2) is 228 Å². The van der Waals surface area contributed by atoms with Crippen molar-refractivity contribution in [1.82, 2.24) is 24.7 Å². The van der Waals surface area contributed by atoms with Crippen molar-refractivity contribution in [1.29, 1.82) is 0 Å². The summed E-state index contributed by atoms with van der Waals surface area (Å²) >= 11 is 0. The van der Waals surface area contributed by atoms with Crippen molar-refractivity contribution in [2.75, 3.05) is 78.2 Å². The summed E-state index contributed by atoms with van der Waals surface area (Å²) in [5.41, 5.74) is -6.28. The van der Waals surface area contributed by atoms with Gasteiger partial charge in [0.15, 0.2) is 24.2 Å². The van der Waals surface area contributed by atoms with Crippen LogP contribution in [0.5, 0.6) is 0 Å². The molecule has 27 heteroatoms. The lowest BCUT2D eigenvalue weighted by Crippen LogP contribution is -2.61. The van der Waals surface area contributed by atoms with Crippen LogP contribution in [0, 0.1) is 29.5 Å². The van der Waals surface area contributed by atoms with E-state index in [-0.39, 0.29) is 75.0 Å². The number of pyridine rings is 2. The number of hydrogen-bond acceptors (Lipinski definition) is 23. The monoisotopic (exact) mass is 1230 g/mol. The van der Waals surface area contributed by atoms with Gasteiger partial charge in [0, 0.05) is 76.2 Å². The maximum absolute atomic E-state index is 15.1. The number of nitrogens with one attached hydrogen (secondary N) is 2. The number of cyclic esters (lactones) is 1. The lowest BCUT2D eigenvalue weighted by Gasteiger charge is -2.49. The summed E-state index contributed by atoms with van der Waals surface area (Å²) in [4.78, 5) is 53.4. The molecule has 0 bridgehead atoms. The number of carbonyl (C=O) groups is 2. The number of esters is 1. The average Bonchev–Trinajstić information content (AvgIpc) is 3.45. The molecule has 2 aromatic rings. The van der Waals surface area contributed by atoms with Gasteiger partial charge in [0.05, 0.1) is 64.5 Å². The van der Waals surface area contributed by atoms with Crippen LogP contribution in [0.1, 0.15) is 126 Å². The highest BCUT2D eigenvalue weighted by molar-refractivity contribution is 7.86. The van der Waals surface area contributed by atoms with Gasteiger partial charge in [0.2, 0.25) is 5.43 Å². The first-order chi connectivity index (χ1) is 39.7. The van der Waals surface area contributed by atoms with E-state index in [1.807, 2.05) is 46.7 Å². The van der Waals surface area contributed by atoms with Crippen LogP contribution in [0.2, 0.25) is 0 Å². The number of aryl methyl sites for hydroxylation is 1. The van der Waals surface area contributed by atoms with Crippen LogP contribution in [0.4, 0.5) is 10.2 Å². The molecule has 5 heterocycles. The molecular weight excluding hydrogens is 1130 g/mol. The highest BCUT2D eigenvalue weighted by Gasteiger charge is 2.54. The molecule has 7 N–H and O–H groups in total. The van der Waals surface area contributed by atoms with Gasteiger partial charge in [-0.15, -0.1) is 0 Å². The third-order valence-electron chi connectivity index (χ3n) is 17.3. The summed E-state index contributed by atoms with van der Waals surface area (Å²) in [5, 5.41) is 69.0. The molecule has 486 valence electrons. The first-order valence-corrected chi connectivity index (χ1v) is 31.4. The van der Waals surface area contributed by atoms with Crippen LogP contribution < -0.4 is 16.1 Å². The molecule has 0 aliphatic carbocycles. The number of likely N-dealkylation sites (N-methyl/N-ethyl adjacent to an activating group) is 2. The van der Waals surface area contributed by atoms with E-state index in [1.54, 1.807) is 55.4 Å². The molecule has 3 aliphatic rings. The predicted octanol–water partition coefficient (Wildman–Crippen LogP) is 3.55. The second kappa shape index (κ2) is 30.4. The van der Waals surface area contributed by atoms with Crippen molar-refractivity contribution >= 4 is 44.6 Å². The average molecular weight is 1230 g/mol. The SMILES string of the molecule is CC[C@H]1OC(=O)[C@H](C)[C@@H](O[C@H]2C[C@@](C)(OC)[C@@H](OS(=O)(=O)CCNCCNc3nc4c(cc3F)c(=O)c(C(=O)O)cn4CC)[C@H](C)O2)[C@H](C)[C@@H](O[C@@H]2O[C@H](C)C[C@H](N(C)C)[C@H]2O)[C@](C)(O)C[C@@H](C)/C(=N\OCCN(CC)CC)[C@H](C)[C@@H](O)[C@]1(C)O. The summed E-state index contributed by atoms with van der Waals surface area (Å²) in [6.07, 6.45) is -10.2. The van der Waals surface area contributed by atoms with Crippen LogP contribution in [0.3, 0.4) is 0 Å². The van der Waals surface area contributed by atoms with Crippen molar-refractivity contribution < 1.29 is 85.4 Å². The van der Waals surface area contributed by atoms with Crippen LogP contribution in [-0.2, 0) is 58.9 Å².